The molecule has 0 fully saturated rings. The normalized spacial score (nSPS) is 10.0. The number of nitrogens with zero attached hydrogens (tertiary/aromatic N) is 1. The number of carbonyl (C=O) groups is 1. The molecule has 0 bridgehead atoms. The van der Waals surface area contributed by atoms with Gasteiger partial charge in [0.1, 0.15) is 11.4 Å². The molecular weight excluding hydrogens is 224 g/mol. The van der Waals surface area contributed by atoms with E-state index in [9.17, 15) is 4.79 Å². The fraction of sp³-hybridized carbons (Fsp3) is 0.0909. The van der Waals surface area contributed by atoms with Crippen LogP contribution in [0.4, 0.5) is 0 Å². The largest absolute Gasteiger partial charge is 0.508 e. The van der Waals surface area contributed by atoms with Gasteiger partial charge in [0, 0.05) is 11.9 Å². The molecule has 5 heteroatoms. The molecule has 0 aliphatic rings. The Kier molecular flexibility index (Phi) is 3.16. The first-order valence-corrected chi connectivity index (χ1v) is 5.64. The summed E-state index contributed by atoms with van der Waals surface area (Å²) in [5.74, 6) is 0.0314. The van der Waals surface area contributed by atoms with Crippen molar-refractivity contribution in [2.24, 2.45) is 0 Å². The molecule has 2 aromatic rings. The molecule has 16 heavy (non-hydrogen) atoms. The zero-order valence-corrected chi connectivity index (χ0v) is 9.20. The number of phenols is 1. The molecule has 0 spiro atoms. The van der Waals surface area contributed by atoms with Crippen LogP contribution in [-0.2, 0) is 6.54 Å². The number of phenolic OH excluding ortho intramolecular Hbond substituents is 1. The Labute approximate surface area is 96.6 Å². The van der Waals surface area contributed by atoms with Gasteiger partial charge in [-0.05, 0) is 17.7 Å². The summed E-state index contributed by atoms with van der Waals surface area (Å²) in [7, 11) is 0. The van der Waals surface area contributed by atoms with Crippen LogP contribution in [0.2, 0.25) is 0 Å². The van der Waals surface area contributed by atoms with E-state index in [2.05, 4.69) is 10.3 Å². The maximum Gasteiger partial charge on any atom is 0.271 e. The predicted molar refractivity (Wildman–Crippen MR) is 61.4 cm³/mol. The number of carbonyl (C=O) groups excluding carboxylic acids is 1. The van der Waals surface area contributed by atoms with Crippen LogP contribution in [-0.4, -0.2) is 16.0 Å². The summed E-state index contributed by atoms with van der Waals surface area (Å²) in [4.78, 5) is 15.4. The van der Waals surface area contributed by atoms with E-state index >= 15 is 0 Å². The standard InChI is InChI=1S/C11H10N2O2S/c14-9-3-1-8(2-4-9)5-12-11(15)10-6-16-7-13-10/h1-4,6-7,14H,5H2,(H,12,15). The van der Waals surface area contributed by atoms with Gasteiger partial charge in [-0.25, -0.2) is 4.98 Å². The van der Waals surface area contributed by atoms with Crippen molar-refractivity contribution in [3.63, 3.8) is 0 Å². The summed E-state index contributed by atoms with van der Waals surface area (Å²) in [6.07, 6.45) is 0. The number of amides is 1. The van der Waals surface area contributed by atoms with Gasteiger partial charge >= 0.3 is 0 Å². The van der Waals surface area contributed by atoms with Crippen molar-refractivity contribution < 1.29 is 9.90 Å². The van der Waals surface area contributed by atoms with Crippen molar-refractivity contribution in [1.29, 1.82) is 0 Å². The van der Waals surface area contributed by atoms with Gasteiger partial charge in [-0.1, -0.05) is 12.1 Å². The lowest BCUT2D eigenvalue weighted by Gasteiger charge is -2.03. The maximum absolute atomic E-state index is 11.5. The summed E-state index contributed by atoms with van der Waals surface area (Å²) in [5.41, 5.74) is 2.99. The Morgan fingerprint density at radius 3 is 2.75 bits per heavy atom. The van der Waals surface area contributed by atoms with Crippen LogP contribution >= 0.6 is 11.3 Å². The maximum atomic E-state index is 11.5. The number of aromatic hydroxyl groups is 1. The fourth-order valence-electron chi connectivity index (χ4n) is 1.21. The number of nitrogens with one attached hydrogen (secondary N) is 1. The van der Waals surface area contributed by atoms with Gasteiger partial charge in [-0.15, -0.1) is 11.3 Å². The van der Waals surface area contributed by atoms with Crippen LogP contribution in [0, 0.1) is 0 Å². The van der Waals surface area contributed by atoms with E-state index in [1.807, 2.05) is 0 Å². The Hall–Kier alpha value is -1.88. The minimum Gasteiger partial charge on any atom is -0.508 e. The van der Waals surface area contributed by atoms with Gasteiger partial charge in [0.05, 0.1) is 5.51 Å². The van der Waals surface area contributed by atoms with Crippen molar-refractivity contribution in [2.45, 2.75) is 6.54 Å². The van der Waals surface area contributed by atoms with Crippen molar-refractivity contribution in [2.75, 3.05) is 0 Å². The molecule has 0 radical (unpaired) electrons. The van der Waals surface area contributed by atoms with E-state index < -0.39 is 0 Å². The van der Waals surface area contributed by atoms with E-state index in [0.717, 1.165) is 5.56 Å². The van der Waals surface area contributed by atoms with Gasteiger partial charge in [-0.2, -0.15) is 0 Å². The molecule has 0 aliphatic carbocycles. The van der Waals surface area contributed by atoms with Gasteiger partial charge in [-0.3, -0.25) is 4.79 Å². The third kappa shape index (κ3) is 2.58. The monoisotopic (exact) mass is 234 g/mol. The molecule has 1 aromatic heterocycles. The van der Waals surface area contributed by atoms with E-state index in [-0.39, 0.29) is 11.7 Å². The second-order valence-electron chi connectivity index (χ2n) is 3.22. The molecule has 0 saturated heterocycles. The van der Waals surface area contributed by atoms with Crippen molar-refractivity contribution in [1.82, 2.24) is 10.3 Å². The van der Waals surface area contributed by atoms with Crippen molar-refractivity contribution in [3.05, 3.63) is 46.4 Å². The predicted octanol–water partition coefficient (Wildman–Crippen LogP) is 1.78. The van der Waals surface area contributed by atoms with E-state index in [0.29, 0.717) is 12.2 Å². The van der Waals surface area contributed by atoms with Gasteiger partial charge in [0.25, 0.3) is 5.91 Å². The highest BCUT2D eigenvalue weighted by molar-refractivity contribution is 7.07. The summed E-state index contributed by atoms with van der Waals surface area (Å²) < 4.78 is 0. The van der Waals surface area contributed by atoms with Gasteiger partial charge in [0.15, 0.2) is 0 Å². The molecule has 1 heterocycles. The molecule has 4 nitrogen and oxygen atoms in total. The van der Waals surface area contributed by atoms with Crippen LogP contribution in [0.3, 0.4) is 0 Å². The number of rotatable bonds is 3. The minimum atomic E-state index is -0.186. The number of aromatic nitrogens is 1. The molecule has 1 amide bonds. The average Bonchev–Trinajstić information content (AvgIpc) is 2.81. The third-order valence-electron chi connectivity index (χ3n) is 2.05. The summed E-state index contributed by atoms with van der Waals surface area (Å²) >= 11 is 1.39. The Morgan fingerprint density at radius 2 is 2.12 bits per heavy atom. The van der Waals surface area contributed by atoms with Crippen LogP contribution in [0.1, 0.15) is 16.1 Å². The first-order valence-electron chi connectivity index (χ1n) is 4.70. The SMILES string of the molecule is O=C(NCc1ccc(O)cc1)c1cscn1. The average molecular weight is 234 g/mol. The van der Waals surface area contributed by atoms with Crippen LogP contribution < -0.4 is 5.32 Å². The van der Waals surface area contributed by atoms with Crippen LogP contribution in [0.5, 0.6) is 5.75 Å². The number of benzene rings is 1. The molecular formula is C11H10N2O2S. The molecule has 0 aliphatic heterocycles. The first kappa shape index (κ1) is 10.6. The van der Waals surface area contributed by atoms with Crippen molar-refractivity contribution >= 4 is 17.2 Å². The third-order valence-corrected chi connectivity index (χ3v) is 2.64. The fourth-order valence-corrected chi connectivity index (χ4v) is 1.74. The lowest BCUT2D eigenvalue weighted by molar-refractivity contribution is 0.0946. The second-order valence-corrected chi connectivity index (χ2v) is 3.94. The van der Waals surface area contributed by atoms with E-state index in [1.165, 1.54) is 11.3 Å². The smallest absolute Gasteiger partial charge is 0.271 e. The summed E-state index contributed by atoms with van der Waals surface area (Å²) in [5, 5.41) is 13.5. The highest BCUT2D eigenvalue weighted by atomic mass is 32.1. The Bertz CT molecular complexity index is 465. The molecule has 2 N–H and O–H groups in total. The Balaban J connectivity index is 1.93. The van der Waals surface area contributed by atoms with Crippen LogP contribution in [0.25, 0.3) is 0 Å². The number of hydrogen-bond acceptors (Lipinski definition) is 4. The second kappa shape index (κ2) is 4.76. The molecule has 0 atom stereocenters. The van der Waals surface area contributed by atoms with E-state index in [1.54, 1.807) is 35.2 Å². The number of thiazole rings is 1. The molecule has 82 valence electrons. The summed E-state index contributed by atoms with van der Waals surface area (Å²) in [6.45, 7) is 0.427. The Morgan fingerprint density at radius 1 is 1.38 bits per heavy atom. The quantitative estimate of drug-likeness (QED) is 0.851. The molecule has 0 saturated carbocycles. The first-order chi connectivity index (χ1) is 7.75. The van der Waals surface area contributed by atoms with Gasteiger partial charge in [0.2, 0.25) is 0 Å². The summed E-state index contributed by atoms with van der Waals surface area (Å²) in [6, 6.07) is 6.70. The molecule has 1 aromatic carbocycles. The van der Waals surface area contributed by atoms with Gasteiger partial charge < -0.3 is 10.4 Å². The highest BCUT2D eigenvalue weighted by Crippen LogP contribution is 2.09. The molecule has 2 rings (SSSR count). The number of hydrogen-bond donors (Lipinski definition) is 2. The topological polar surface area (TPSA) is 62.2 Å². The lowest BCUT2D eigenvalue weighted by atomic mass is 10.2. The zero-order chi connectivity index (χ0) is 11.4. The minimum absolute atomic E-state index is 0.186. The van der Waals surface area contributed by atoms with E-state index in [4.69, 9.17) is 5.11 Å². The van der Waals surface area contributed by atoms with Crippen molar-refractivity contribution in [3.8, 4) is 5.75 Å². The highest BCUT2D eigenvalue weighted by Gasteiger charge is 2.06. The molecule has 0 unspecified atom stereocenters. The van der Waals surface area contributed by atoms with Crippen LogP contribution in [0.15, 0.2) is 35.2 Å². The zero-order valence-electron chi connectivity index (χ0n) is 8.38. The lowest BCUT2D eigenvalue weighted by Crippen LogP contribution is -2.22.